The number of H-pyrrole nitrogens is 1. The second-order valence-electron chi connectivity index (χ2n) is 12.0. The Hall–Kier alpha value is -5.13. The summed E-state index contributed by atoms with van der Waals surface area (Å²) in [6.45, 7) is 7.71. The molecular formula is C33H35FN10O3. The first kappa shape index (κ1) is 30.5. The maximum absolute atomic E-state index is 15.2. The molecule has 5 heterocycles. The van der Waals surface area contributed by atoms with Gasteiger partial charge in [0.1, 0.15) is 29.9 Å². The smallest absolute Gasteiger partial charge is 0.274 e. The van der Waals surface area contributed by atoms with Crippen LogP contribution in [-0.4, -0.2) is 112 Å². The van der Waals surface area contributed by atoms with Gasteiger partial charge in [0.25, 0.3) is 5.91 Å². The third kappa shape index (κ3) is 6.72. The molecule has 14 heteroatoms. The first-order valence-corrected chi connectivity index (χ1v) is 15.7. The first-order chi connectivity index (χ1) is 22.9. The fraction of sp³-hybridized carbons (Fsp3) is 0.394. The molecule has 2 atom stereocenters. The zero-order chi connectivity index (χ0) is 32.3. The van der Waals surface area contributed by atoms with E-state index in [0.717, 1.165) is 50.8 Å². The molecular weight excluding hydrogens is 603 g/mol. The Morgan fingerprint density at radius 3 is 2.57 bits per heavy atom. The van der Waals surface area contributed by atoms with E-state index < -0.39 is 12.3 Å². The SMILES string of the molecule is Cc1cc(C(=O)N2CC[C@H](Oc3ccc(-c4ncnc(Nc5ccc(N6CCN(C7COC7)CC6)cc5)n4)cc3C#N)[C@@H](F)C2)n[nH]1. The lowest BCUT2D eigenvalue weighted by Crippen LogP contribution is -2.56. The summed E-state index contributed by atoms with van der Waals surface area (Å²) in [5.41, 5.74) is 3.84. The molecule has 2 N–H and O–H groups in total. The maximum Gasteiger partial charge on any atom is 0.274 e. The van der Waals surface area contributed by atoms with Crippen LogP contribution in [0.15, 0.2) is 54.9 Å². The molecule has 242 valence electrons. The topological polar surface area (TPSA) is 148 Å². The minimum atomic E-state index is -1.43. The Labute approximate surface area is 271 Å². The molecule has 0 unspecified atom stereocenters. The number of piperidine rings is 1. The average Bonchev–Trinajstić information content (AvgIpc) is 3.51. The number of hydrogen-bond acceptors (Lipinski definition) is 11. The second-order valence-corrected chi connectivity index (χ2v) is 12.0. The van der Waals surface area contributed by atoms with Crippen LogP contribution in [0.2, 0.25) is 0 Å². The molecule has 13 nitrogen and oxygen atoms in total. The summed E-state index contributed by atoms with van der Waals surface area (Å²) in [6.07, 6.45) is -0.540. The van der Waals surface area contributed by atoms with E-state index in [2.05, 4.69) is 58.5 Å². The van der Waals surface area contributed by atoms with E-state index in [-0.39, 0.29) is 35.9 Å². The summed E-state index contributed by atoms with van der Waals surface area (Å²) >= 11 is 0. The molecule has 2 aromatic heterocycles. The van der Waals surface area contributed by atoms with Crippen LogP contribution in [0, 0.1) is 18.3 Å². The molecule has 3 aliphatic rings. The summed E-state index contributed by atoms with van der Waals surface area (Å²) in [6, 6.07) is 17.5. The number of amides is 1. The Kier molecular flexibility index (Phi) is 8.64. The number of aromatic amines is 1. The molecule has 3 fully saturated rings. The number of hydrogen-bond donors (Lipinski definition) is 2. The van der Waals surface area contributed by atoms with E-state index >= 15 is 4.39 Å². The van der Waals surface area contributed by atoms with Crippen molar-refractivity contribution in [2.75, 3.05) is 62.7 Å². The van der Waals surface area contributed by atoms with Crippen molar-refractivity contribution >= 4 is 23.2 Å². The van der Waals surface area contributed by atoms with Crippen LogP contribution < -0.4 is 15.0 Å². The number of nitrogens with zero attached hydrogens (tertiary/aromatic N) is 8. The largest absolute Gasteiger partial charge is 0.486 e. The van der Waals surface area contributed by atoms with Crippen LogP contribution in [0.3, 0.4) is 0 Å². The van der Waals surface area contributed by atoms with E-state index in [1.165, 1.54) is 16.9 Å². The lowest BCUT2D eigenvalue weighted by Gasteiger charge is -2.43. The lowest BCUT2D eigenvalue weighted by atomic mass is 10.0. The number of rotatable bonds is 8. The van der Waals surface area contributed by atoms with E-state index in [1.807, 2.05) is 12.1 Å². The van der Waals surface area contributed by atoms with E-state index in [9.17, 15) is 10.1 Å². The molecule has 3 saturated heterocycles. The van der Waals surface area contributed by atoms with Crippen molar-refractivity contribution in [2.45, 2.75) is 31.7 Å². The van der Waals surface area contributed by atoms with Gasteiger partial charge in [-0.1, -0.05) is 0 Å². The second kappa shape index (κ2) is 13.3. The lowest BCUT2D eigenvalue weighted by molar-refractivity contribution is -0.0660. The zero-order valence-corrected chi connectivity index (χ0v) is 26.0. The normalized spacial score (nSPS) is 20.4. The van der Waals surface area contributed by atoms with Crippen molar-refractivity contribution in [1.82, 2.24) is 34.9 Å². The number of nitrogens with one attached hydrogen (secondary N) is 2. The maximum atomic E-state index is 15.2. The fourth-order valence-corrected chi connectivity index (χ4v) is 6.07. The number of carbonyl (C=O) groups is 1. The van der Waals surface area contributed by atoms with Crippen molar-refractivity contribution in [3.8, 4) is 23.2 Å². The van der Waals surface area contributed by atoms with Gasteiger partial charge in [0.2, 0.25) is 5.95 Å². The Morgan fingerprint density at radius 2 is 1.89 bits per heavy atom. The van der Waals surface area contributed by atoms with Gasteiger partial charge in [-0.15, -0.1) is 0 Å². The summed E-state index contributed by atoms with van der Waals surface area (Å²) in [4.78, 5) is 32.2. The highest BCUT2D eigenvalue weighted by atomic mass is 19.1. The van der Waals surface area contributed by atoms with Gasteiger partial charge in [0, 0.05) is 61.8 Å². The van der Waals surface area contributed by atoms with Crippen molar-refractivity contribution in [2.24, 2.45) is 0 Å². The summed E-state index contributed by atoms with van der Waals surface area (Å²) in [7, 11) is 0. The number of benzene rings is 2. The van der Waals surface area contributed by atoms with Crippen LogP contribution >= 0.6 is 0 Å². The molecule has 0 bridgehead atoms. The van der Waals surface area contributed by atoms with Gasteiger partial charge in [0.05, 0.1) is 31.4 Å². The summed E-state index contributed by atoms with van der Waals surface area (Å²) in [5.74, 6) is 0.674. The van der Waals surface area contributed by atoms with E-state index in [0.29, 0.717) is 29.9 Å². The summed E-state index contributed by atoms with van der Waals surface area (Å²) in [5, 5.41) is 19.8. The number of halogens is 1. The molecule has 1 amide bonds. The predicted molar refractivity (Wildman–Crippen MR) is 171 cm³/mol. The number of piperazine rings is 1. The van der Waals surface area contributed by atoms with Crippen LogP contribution in [0.1, 0.15) is 28.2 Å². The van der Waals surface area contributed by atoms with Gasteiger partial charge in [-0.25, -0.2) is 14.4 Å². The first-order valence-electron chi connectivity index (χ1n) is 15.7. The van der Waals surface area contributed by atoms with Gasteiger partial charge in [-0.2, -0.15) is 15.3 Å². The molecule has 0 spiro atoms. The number of aromatic nitrogens is 5. The zero-order valence-electron chi connectivity index (χ0n) is 26.0. The minimum absolute atomic E-state index is 0.119. The number of likely N-dealkylation sites (tertiary alicyclic amines) is 1. The quantitative estimate of drug-likeness (QED) is 0.293. The fourth-order valence-electron chi connectivity index (χ4n) is 6.07. The number of alkyl halides is 1. The van der Waals surface area contributed by atoms with E-state index in [1.54, 1.807) is 31.2 Å². The van der Waals surface area contributed by atoms with Gasteiger partial charge in [-0.3, -0.25) is 14.8 Å². The molecule has 2 aromatic carbocycles. The van der Waals surface area contributed by atoms with E-state index in [4.69, 9.17) is 9.47 Å². The standard InChI is InChI=1S/C33H35FN10O3/c1-21-14-28(41-40-21)32(45)44-9-8-30(27(34)17-44)47-29-7-2-22(15-23(29)16-35)31-36-20-37-33(39-31)38-24-3-5-25(6-4-24)42-10-12-43(13-11-42)26-18-46-19-26/h2-7,14-15,20,26-27,30H,8-13,17-19H2,1H3,(H,40,41)(H,36,37,38,39)/t27-,30-/m0/s1. The molecule has 3 aliphatic heterocycles. The Balaban J connectivity index is 0.965. The number of aryl methyl sites for hydroxylation is 1. The Bertz CT molecular complexity index is 1760. The van der Waals surface area contributed by atoms with Crippen LogP contribution in [0.5, 0.6) is 5.75 Å². The monoisotopic (exact) mass is 638 g/mol. The van der Waals surface area contributed by atoms with Crippen LogP contribution in [0.25, 0.3) is 11.4 Å². The van der Waals surface area contributed by atoms with Crippen LogP contribution in [-0.2, 0) is 4.74 Å². The van der Waals surface area contributed by atoms with Crippen molar-refractivity contribution in [1.29, 1.82) is 5.26 Å². The van der Waals surface area contributed by atoms with Crippen molar-refractivity contribution < 1.29 is 18.7 Å². The third-order valence-electron chi connectivity index (χ3n) is 8.84. The van der Waals surface area contributed by atoms with Gasteiger partial charge in [-0.05, 0) is 55.5 Å². The number of carbonyl (C=O) groups excluding carboxylic acids is 1. The molecule has 0 aliphatic carbocycles. The summed E-state index contributed by atoms with van der Waals surface area (Å²) < 4.78 is 26.5. The highest BCUT2D eigenvalue weighted by Gasteiger charge is 2.34. The highest BCUT2D eigenvalue weighted by molar-refractivity contribution is 5.92. The predicted octanol–water partition coefficient (Wildman–Crippen LogP) is 3.34. The van der Waals surface area contributed by atoms with Crippen LogP contribution in [0.4, 0.5) is 21.7 Å². The number of ether oxygens (including phenoxy) is 2. The Morgan fingerprint density at radius 1 is 1.09 bits per heavy atom. The minimum Gasteiger partial charge on any atom is -0.486 e. The molecule has 7 rings (SSSR count). The average molecular weight is 639 g/mol. The highest BCUT2D eigenvalue weighted by Crippen LogP contribution is 2.29. The number of anilines is 3. The molecule has 0 saturated carbocycles. The molecule has 47 heavy (non-hydrogen) atoms. The van der Waals surface area contributed by atoms with Gasteiger partial charge in [0.15, 0.2) is 12.0 Å². The van der Waals surface area contributed by atoms with Crippen molar-refractivity contribution in [3.05, 3.63) is 71.8 Å². The number of nitriles is 1. The van der Waals surface area contributed by atoms with Crippen molar-refractivity contribution in [3.63, 3.8) is 0 Å². The van der Waals surface area contributed by atoms with Gasteiger partial charge < -0.3 is 24.6 Å². The third-order valence-corrected chi connectivity index (χ3v) is 8.84. The van der Waals surface area contributed by atoms with Gasteiger partial charge >= 0.3 is 0 Å². The molecule has 4 aromatic rings. The molecule has 0 radical (unpaired) electrons.